The second-order valence-corrected chi connectivity index (χ2v) is 10.8. The summed E-state index contributed by atoms with van der Waals surface area (Å²) < 4.78 is 84.6. The Bertz CT molecular complexity index is 1690. The predicted molar refractivity (Wildman–Crippen MR) is 157 cm³/mol. The molecule has 1 fully saturated rings. The van der Waals surface area contributed by atoms with Crippen molar-refractivity contribution in [3.05, 3.63) is 82.9 Å². The summed E-state index contributed by atoms with van der Waals surface area (Å²) in [5.74, 6) is -2.74. The van der Waals surface area contributed by atoms with Gasteiger partial charge in [0.05, 0.1) is 24.8 Å². The molecule has 9 nitrogen and oxygen atoms in total. The van der Waals surface area contributed by atoms with Crippen LogP contribution in [-0.4, -0.2) is 43.6 Å². The number of nitrogens with one attached hydrogen (secondary N) is 3. The van der Waals surface area contributed by atoms with Gasteiger partial charge in [-0.1, -0.05) is 6.07 Å². The highest BCUT2D eigenvalue weighted by atomic mass is 19.4. The number of fused-ring (bicyclic) bond motifs is 1. The second-order valence-electron chi connectivity index (χ2n) is 10.8. The van der Waals surface area contributed by atoms with E-state index in [1.54, 1.807) is 18.2 Å². The maximum Gasteiger partial charge on any atom is 0.419 e. The average molecular weight is 647 g/mol. The molecule has 244 valence electrons. The molecule has 2 amide bonds. The van der Waals surface area contributed by atoms with Gasteiger partial charge >= 0.3 is 18.0 Å². The van der Waals surface area contributed by atoms with E-state index in [0.717, 1.165) is 38.1 Å². The Hall–Kier alpha value is -4.72. The van der Waals surface area contributed by atoms with Crippen LogP contribution in [0, 0.1) is 11.7 Å². The minimum atomic E-state index is -4.86. The fourth-order valence-electron chi connectivity index (χ4n) is 5.11. The fourth-order valence-corrected chi connectivity index (χ4v) is 5.11. The van der Waals surface area contributed by atoms with Crippen molar-refractivity contribution >= 4 is 22.7 Å². The number of ether oxygens (including phenoxy) is 3. The molecular formula is C32H31F5N4O5. The third-order valence-corrected chi connectivity index (χ3v) is 7.61. The van der Waals surface area contributed by atoms with Gasteiger partial charge in [0, 0.05) is 36.3 Å². The van der Waals surface area contributed by atoms with Crippen LogP contribution < -0.4 is 30.2 Å². The van der Waals surface area contributed by atoms with Crippen LogP contribution in [-0.2, 0) is 22.3 Å². The first-order valence-electron chi connectivity index (χ1n) is 14.5. The van der Waals surface area contributed by atoms with E-state index < -0.39 is 41.7 Å². The summed E-state index contributed by atoms with van der Waals surface area (Å²) in [5, 5.41) is 8.40. The van der Waals surface area contributed by atoms with Crippen molar-refractivity contribution in [1.82, 2.24) is 20.9 Å². The van der Waals surface area contributed by atoms with Crippen LogP contribution in [0.3, 0.4) is 0 Å². The number of alkyl halides is 3. The van der Waals surface area contributed by atoms with Crippen molar-refractivity contribution in [2.75, 3.05) is 26.8 Å². The van der Waals surface area contributed by atoms with E-state index in [9.17, 15) is 27.2 Å². The topological polar surface area (TPSA) is 111 Å². The molecule has 1 aliphatic carbocycles. The summed E-state index contributed by atoms with van der Waals surface area (Å²) in [5.41, 5.74) is -0.755. The van der Waals surface area contributed by atoms with Crippen LogP contribution in [0.5, 0.6) is 17.2 Å². The number of rotatable bonds is 9. The quantitative estimate of drug-likeness (QED) is 0.210. The van der Waals surface area contributed by atoms with E-state index in [0.29, 0.717) is 52.8 Å². The Balaban J connectivity index is 1.21. The zero-order valence-electron chi connectivity index (χ0n) is 24.7. The Morgan fingerprint density at radius 2 is 1.78 bits per heavy atom. The van der Waals surface area contributed by atoms with Crippen molar-refractivity contribution in [3.63, 3.8) is 0 Å². The highest BCUT2D eigenvalue weighted by Crippen LogP contribution is 2.38. The number of carbonyl (C=O) groups excluding carboxylic acids is 2. The van der Waals surface area contributed by atoms with Gasteiger partial charge in [-0.15, -0.1) is 0 Å². The maximum absolute atomic E-state index is 15.1. The van der Waals surface area contributed by atoms with Gasteiger partial charge < -0.3 is 30.2 Å². The largest absolute Gasteiger partial charge is 0.493 e. The highest BCUT2D eigenvalue weighted by molar-refractivity contribution is 6.35. The lowest BCUT2D eigenvalue weighted by Crippen LogP contribution is -2.39. The molecule has 3 aromatic rings. The average Bonchev–Trinajstić information content (AvgIpc) is 3.03. The number of amides is 2. The van der Waals surface area contributed by atoms with Crippen molar-refractivity contribution in [3.8, 4) is 17.2 Å². The molecule has 2 aromatic carbocycles. The molecule has 14 heteroatoms. The molecule has 1 saturated heterocycles. The Kier molecular flexibility index (Phi) is 10.0. The van der Waals surface area contributed by atoms with E-state index >= 15 is 4.39 Å². The van der Waals surface area contributed by atoms with E-state index in [1.807, 2.05) is 0 Å². The first-order valence-corrected chi connectivity index (χ1v) is 14.5. The molecular weight excluding hydrogens is 615 g/mol. The third kappa shape index (κ3) is 7.91. The molecule has 0 spiro atoms. The Morgan fingerprint density at radius 3 is 2.48 bits per heavy atom. The lowest BCUT2D eigenvalue weighted by molar-refractivity contribution is -0.140. The fraction of sp³-hybridized carbons (Fsp3) is 0.344. The first kappa shape index (κ1) is 32.7. The minimum Gasteiger partial charge on any atom is -0.493 e. The number of pyridine rings is 1. The number of nitrogens with zero attached hydrogens (tertiary/aromatic N) is 1. The number of hydrogen-bond donors (Lipinski definition) is 3. The first-order chi connectivity index (χ1) is 22.0. The lowest BCUT2D eigenvalue weighted by Gasteiger charge is -2.23. The molecule has 2 heterocycles. The Morgan fingerprint density at radius 1 is 1.00 bits per heavy atom. The third-order valence-electron chi connectivity index (χ3n) is 7.61. The molecule has 5 rings (SSSR count). The number of hydrogen-bond acceptors (Lipinski definition) is 7. The van der Waals surface area contributed by atoms with Gasteiger partial charge in [0.25, 0.3) is 0 Å². The van der Waals surface area contributed by atoms with Crippen LogP contribution in [0.15, 0.2) is 66.0 Å². The summed E-state index contributed by atoms with van der Waals surface area (Å²) in [6, 6.07) is 7.21. The maximum atomic E-state index is 15.1. The van der Waals surface area contributed by atoms with E-state index in [4.69, 9.17) is 14.2 Å². The number of benzene rings is 2. The summed E-state index contributed by atoms with van der Waals surface area (Å²) in [6.07, 6.45) is -0.0654. The Labute approximate surface area is 260 Å². The number of carbonyl (C=O) groups is 2. The highest BCUT2D eigenvalue weighted by Gasteiger charge is 2.34. The number of halogens is 5. The van der Waals surface area contributed by atoms with E-state index in [1.165, 1.54) is 13.3 Å². The van der Waals surface area contributed by atoms with Crippen LogP contribution in [0.1, 0.15) is 36.8 Å². The lowest BCUT2D eigenvalue weighted by atomic mass is 9.99. The molecule has 0 saturated carbocycles. The monoisotopic (exact) mass is 646 g/mol. The molecule has 3 N–H and O–H groups in total. The van der Waals surface area contributed by atoms with Crippen LogP contribution in [0.25, 0.3) is 10.9 Å². The zero-order valence-corrected chi connectivity index (χ0v) is 24.7. The molecule has 1 aliphatic heterocycles. The molecule has 0 bridgehead atoms. The summed E-state index contributed by atoms with van der Waals surface area (Å²) >= 11 is 0. The predicted octanol–water partition coefficient (Wildman–Crippen LogP) is 5.45. The number of piperidine rings is 1. The van der Waals surface area contributed by atoms with Crippen LogP contribution >= 0.6 is 0 Å². The van der Waals surface area contributed by atoms with Gasteiger partial charge in [0.1, 0.15) is 17.3 Å². The van der Waals surface area contributed by atoms with E-state index in [-0.39, 0.29) is 29.9 Å². The normalized spacial score (nSPS) is 15.7. The van der Waals surface area contributed by atoms with Gasteiger partial charge in [-0.3, -0.25) is 14.6 Å². The summed E-state index contributed by atoms with van der Waals surface area (Å²) in [6.45, 7) is 2.05. The van der Waals surface area contributed by atoms with Gasteiger partial charge in [0.15, 0.2) is 17.3 Å². The second kappa shape index (κ2) is 14.1. The minimum absolute atomic E-state index is 0.00415. The number of allylic oxidation sites excluding steroid dienone is 4. The molecule has 0 atom stereocenters. The van der Waals surface area contributed by atoms with Gasteiger partial charge in [-0.2, -0.15) is 13.2 Å². The smallest absolute Gasteiger partial charge is 0.419 e. The molecule has 46 heavy (non-hydrogen) atoms. The molecule has 0 unspecified atom stereocenters. The zero-order chi connectivity index (χ0) is 32.8. The van der Waals surface area contributed by atoms with Crippen molar-refractivity contribution in [2.24, 2.45) is 5.92 Å². The standard InChI is InChI=1S/C32H31F5N4O5/c1-44-28-14-21-25(15-29(28)45-17-18-6-9-38-10-7-18)39-11-8-26(21)46-27-5-3-20(13-24(27)34)41-31(43)30(42)40-16-19-2-4-22(23(33)12-19)32(35,36)37/h2,4,8,11-15,18,38H,3,5-7,9-10,16-17H2,1H3,(H,40,42)(H,41,43). The molecule has 2 aliphatic rings. The van der Waals surface area contributed by atoms with Gasteiger partial charge in [-0.05, 0) is 74.2 Å². The number of aromatic nitrogens is 1. The van der Waals surface area contributed by atoms with Gasteiger partial charge in [0.2, 0.25) is 0 Å². The summed E-state index contributed by atoms with van der Waals surface area (Å²) in [4.78, 5) is 29.0. The van der Waals surface area contributed by atoms with Crippen LogP contribution in [0.4, 0.5) is 22.0 Å². The van der Waals surface area contributed by atoms with Crippen molar-refractivity contribution < 1.29 is 45.8 Å². The molecule has 1 aromatic heterocycles. The molecule has 0 radical (unpaired) electrons. The van der Waals surface area contributed by atoms with Gasteiger partial charge in [-0.25, -0.2) is 8.78 Å². The van der Waals surface area contributed by atoms with Crippen LogP contribution in [0.2, 0.25) is 0 Å². The van der Waals surface area contributed by atoms with Crippen molar-refractivity contribution in [1.29, 1.82) is 0 Å². The SMILES string of the molecule is COc1cc2c(OC3=C(F)C=C(NC(=O)C(=O)NCc4ccc(C(F)(F)F)c(F)c4)CC3)ccnc2cc1OCC1CCNCC1. The number of methoxy groups -OCH3 is 1. The van der Waals surface area contributed by atoms with E-state index in [2.05, 4.69) is 20.9 Å². The summed E-state index contributed by atoms with van der Waals surface area (Å²) in [7, 11) is 1.52. The van der Waals surface area contributed by atoms with Crippen molar-refractivity contribution in [2.45, 2.75) is 38.4 Å².